The van der Waals surface area contributed by atoms with Crippen molar-refractivity contribution in [3.63, 3.8) is 0 Å². The number of hydrogen-bond donors (Lipinski definition) is 2. The van der Waals surface area contributed by atoms with Gasteiger partial charge in [-0.1, -0.05) is 30.3 Å². The minimum absolute atomic E-state index is 0.279. The molecule has 0 heterocycles. The van der Waals surface area contributed by atoms with Crippen molar-refractivity contribution < 1.29 is 14.0 Å². The van der Waals surface area contributed by atoms with Crippen molar-refractivity contribution in [1.29, 1.82) is 0 Å². The molecule has 154 valence electrons. The Morgan fingerprint density at radius 2 is 1.73 bits per heavy atom. The lowest BCUT2D eigenvalue weighted by molar-refractivity contribution is -0.118. The van der Waals surface area contributed by atoms with Crippen LogP contribution in [0, 0.1) is 12.7 Å². The maximum Gasteiger partial charge on any atom is 0.251 e. The van der Waals surface area contributed by atoms with Gasteiger partial charge in [0, 0.05) is 22.6 Å². The molecule has 1 unspecified atom stereocenters. The van der Waals surface area contributed by atoms with Crippen LogP contribution in [-0.4, -0.2) is 17.9 Å². The molecule has 0 saturated heterocycles. The fourth-order valence-electron chi connectivity index (χ4n) is 2.95. The first-order valence-corrected chi connectivity index (χ1v) is 10.9. The van der Waals surface area contributed by atoms with Crippen LogP contribution in [0.15, 0.2) is 77.7 Å². The molecule has 4 nitrogen and oxygen atoms in total. The molecule has 3 aromatic carbocycles. The molecule has 3 rings (SSSR count). The third kappa shape index (κ3) is 5.84. The molecule has 0 spiro atoms. The first-order chi connectivity index (χ1) is 14.5. The normalized spacial score (nSPS) is 11.6. The monoisotopic (exact) mass is 442 g/mol. The van der Waals surface area contributed by atoms with E-state index in [1.165, 1.54) is 24.3 Å². The highest BCUT2D eigenvalue weighted by Crippen LogP contribution is 2.27. The molecule has 0 aliphatic carbocycles. The topological polar surface area (TPSA) is 58.2 Å². The first kappa shape index (κ1) is 21.9. The highest BCUT2D eigenvalue weighted by atomic mass is 35.7. The Hall–Kier alpha value is -2.83. The summed E-state index contributed by atoms with van der Waals surface area (Å²) in [5.74, 6) is -1.23. The Kier molecular flexibility index (Phi) is 7.49. The largest absolute Gasteiger partial charge is 0.340 e. The van der Waals surface area contributed by atoms with Crippen LogP contribution in [0.2, 0.25) is 0 Å². The van der Waals surface area contributed by atoms with Crippen molar-refractivity contribution in [2.45, 2.75) is 24.3 Å². The van der Waals surface area contributed by atoms with Crippen LogP contribution in [0.1, 0.15) is 21.5 Å². The maximum atomic E-state index is 13.2. The Morgan fingerprint density at radius 3 is 2.37 bits per heavy atom. The van der Waals surface area contributed by atoms with Crippen molar-refractivity contribution in [3.8, 4) is 0 Å². The molecule has 1 atom stereocenters. The summed E-state index contributed by atoms with van der Waals surface area (Å²) in [6.45, 7) is 1.90. The fraction of sp³-hybridized carbons (Fsp3) is 0.130. The van der Waals surface area contributed by atoms with E-state index in [9.17, 15) is 14.0 Å². The summed E-state index contributed by atoms with van der Waals surface area (Å²) >= 11 is 0. The number of amides is 2. The van der Waals surface area contributed by atoms with Gasteiger partial charge in [0.1, 0.15) is 11.9 Å². The van der Waals surface area contributed by atoms with Crippen molar-refractivity contribution in [3.05, 3.63) is 95.3 Å². The molecule has 30 heavy (non-hydrogen) atoms. The van der Waals surface area contributed by atoms with Gasteiger partial charge < -0.3 is 10.6 Å². The lowest BCUT2D eigenvalue weighted by atomic mass is 10.0. The van der Waals surface area contributed by atoms with Gasteiger partial charge in [-0.15, -0.1) is 0 Å². The molecule has 7 heteroatoms. The number of aryl methyl sites for hydroxylation is 1. The second-order valence-electron chi connectivity index (χ2n) is 6.77. The van der Waals surface area contributed by atoms with E-state index in [2.05, 4.69) is 10.6 Å². The van der Waals surface area contributed by atoms with Crippen LogP contribution in [0.5, 0.6) is 0 Å². The zero-order valence-corrected chi connectivity index (χ0v) is 17.8. The molecule has 0 aliphatic rings. The van der Waals surface area contributed by atoms with E-state index in [1.54, 1.807) is 6.07 Å². The van der Waals surface area contributed by atoms with Crippen LogP contribution in [-0.2, 0) is 11.2 Å². The molecule has 0 aliphatic heterocycles. The van der Waals surface area contributed by atoms with E-state index in [4.69, 9.17) is 10.7 Å². The summed E-state index contributed by atoms with van der Waals surface area (Å²) in [5.41, 5.74) is 2.73. The quantitative estimate of drug-likeness (QED) is 0.518. The van der Waals surface area contributed by atoms with E-state index in [0.717, 1.165) is 27.0 Å². The fourth-order valence-corrected chi connectivity index (χ4v) is 3.76. The Bertz CT molecular complexity index is 1030. The zero-order chi connectivity index (χ0) is 21.5. The Morgan fingerprint density at radius 1 is 1.03 bits per heavy atom. The minimum Gasteiger partial charge on any atom is -0.340 e. The van der Waals surface area contributed by atoms with Gasteiger partial charge in [0.2, 0.25) is 5.91 Å². The van der Waals surface area contributed by atoms with Crippen LogP contribution in [0.3, 0.4) is 0 Å². The highest BCUT2D eigenvalue weighted by molar-refractivity contribution is 8.21. The number of nitrogens with one attached hydrogen (secondary N) is 2. The molecule has 0 radical (unpaired) electrons. The summed E-state index contributed by atoms with van der Waals surface area (Å²) in [6.07, 6.45) is 0.314. The lowest BCUT2D eigenvalue weighted by Crippen LogP contribution is -2.45. The molecule has 2 N–H and O–H groups in total. The van der Waals surface area contributed by atoms with Crippen molar-refractivity contribution in [1.82, 2.24) is 5.32 Å². The summed E-state index contributed by atoms with van der Waals surface area (Å²) in [7, 11) is 6.93. The predicted molar refractivity (Wildman–Crippen MR) is 119 cm³/mol. The summed E-state index contributed by atoms with van der Waals surface area (Å²) in [6, 6.07) is 19.2. The number of anilines is 1. The SMILES string of the molecule is Cc1cc(NC(=O)C(Cc2ccccc2)NC(=O)c2ccc(F)cc2)ccc1SCl. The van der Waals surface area contributed by atoms with Gasteiger partial charge in [-0.3, -0.25) is 9.59 Å². The van der Waals surface area contributed by atoms with Crippen LogP contribution >= 0.6 is 21.7 Å². The summed E-state index contributed by atoms with van der Waals surface area (Å²) < 4.78 is 13.2. The average Bonchev–Trinajstić information content (AvgIpc) is 2.74. The molecule has 0 fully saturated rings. The lowest BCUT2D eigenvalue weighted by Gasteiger charge is -2.19. The van der Waals surface area contributed by atoms with Gasteiger partial charge in [0.25, 0.3) is 5.91 Å². The molecule has 0 bridgehead atoms. The third-order valence-corrected chi connectivity index (χ3v) is 5.66. The number of carbonyl (C=O) groups is 2. The van der Waals surface area contributed by atoms with Crippen LogP contribution < -0.4 is 10.6 Å². The second kappa shape index (κ2) is 10.3. The van der Waals surface area contributed by atoms with E-state index >= 15 is 0 Å². The molecule has 0 saturated carbocycles. The van der Waals surface area contributed by atoms with E-state index in [-0.39, 0.29) is 11.5 Å². The number of benzene rings is 3. The van der Waals surface area contributed by atoms with Crippen molar-refractivity contribution >= 4 is 39.2 Å². The maximum absolute atomic E-state index is 13.2. The highest BCUT2D eigenvalue weighted by Gasteiger charge is 2.22. The van der Waals surface area contributed by atoms with Crippen LogP contribution in [0.25, 0.3) is 0 Å². The Labute approximate surface area is 183 Å². The molecule has 3 aromatic rings. The molecular formula is C23H20ClFN2O2S. The summed E-state index contributed by atoms with van der Waals surface area (Å²) in [5, 5.41) is 5.61. The average molecular weight is 443 g/mol. The number of rotatable bonds is 7. The predicted octanol–water partition coefficient (Wildman–Crippen LogP) is 5.36. The molecule has 0 aromatic heterocycles. The van der Waals surface area contributed by atoms with Gasteiger partial charge in [0.15, 0.2) is 0 Å². The van der Waals surface area contributed by atoms with Gasteiger partial charge >= 0.3 is 0 Å². The smallest absolute Gasteiger partial charge is 0.251 e. The Balaban J connectivity index is 1.79. The van der Waals surface area contributed by atoms with Crippen LogP contribution in [0.4, 0.5) is 10.1 Å². The molecule has 2 amide bonds. The van der Waals surface area contributed by atoms with E-state index in [0.29, 0.717) is 12.1 Å². The van der Waals surface area contributed by atoms with Gasteiger partial charge in [-0.05, 0) is 82.2 Å². The molecular weight excluding hydrogens is 423 g/mol. The minimum atomic E-state index is -0.813. The van der Waals surface area contributed by atoms with Gasteiger partial charge in [0.05, 0.1) is 0 Å². The number of hydrogen-bond acceptors (Lipinski definition) is 3. The standard InChI is InChI=1S/C23H20ClFN2O2S/c1-15-13-19(11-12-21(15)30-24)26-23(29)20(14-16-5-3-2-4-6-16)27-22(28)17-7-9-18(25)10-8-17/h2-13,20H,14H2,1H3,(H,26,29)(H,27,28). The van der Waals surface area contributed by atoms with Crippen molar-refractivity contribution in [2.75, 3.05) is 5.32 Å². The number of halogens is 2. The number of carbonyl (C=O) groups excluding carboxylic acids is 2. The first-order valence-electron chi connectivity index (χ1n) is 9.26. The third-order valence-electron chi connectivity index (χ3n) is 4.54. The van der Waals surface area contributed by atoms with Gasteiger partial charge in [-0.2, -0.15) is 0 Å². The zero-order valence-electron chi connectivity index (χ0n) is 16.2. The van der Waals surface area contributed by atoms with E-state index in [1.807, 2.05) is 49.4 Å². The second-order valence-corrected chi connectivity index (χ2v) is 7.83. The van der Waals surface area contributed by atoms with Gasteiger partial charge in [-0.25, -0.2) is 4.39 Å². The van der Waals surface area contributed by atoms with Crippen molar-refractivity contribution in [2.24, 2.45) is 0 Å². The van der Waals surface area contributed by atoms with E-state index < -0.39 is 17.8 Å². The summed E-state index contributed by atoms with van der Waals surface area (Å²) in [4.78, 5) is 26.5.